The van der Waals surface area contributed by atoms with Gasteiger partial charge in [0.2, 0.25) is 11.8 Å². The summed E-state index contributed by atoms with van der Waals surface area (Å²) < 4.78 is 0. The van der Waals surface area contributed by atoms with Crippen LogP contribution in [0.3, 0.4) is 0 Å². The van der Waals surface area contributed by atoms with Gasteiger partial charge in [-0.25, -0.2) is 4.99 Å². The molecule has 1 N–H and O–H groups in total. The number of nitrogens with zero attached hydrogens (tertiary/aromatic N) is 2. The second-order valence-corrected chi connectivity index (χ2v) is 9.08. The number of aryl methyl sites for hydroxylation is 4. The normalized spacial score (nSPS) is 17.6. The fourth-order valence-electron chi connectivity index (χ4n) is 3.52. The second-order valence-electron chi connectivity index (χ2n) is 7.91. The van der Waals surface area contributed by atoms with Crippen molar-refractivity contribution >= 4 is 40.1 Å². The van der Waals surface area contributed by atoms with Crippen molar-refractivity contribution in [2.45, 2.75) is 52.7 Å². The highest BCUT2D eigenvalue weighted by Gasteiger charge is 2.38. The summed E-state index contributed by atoms with van der Waals surface area (Å²) in [5.41, 5.74) is 5.99. The van der Waals surface area contributed by atoms with E-state index >= 15 is 0 Å². The van der Waals surface area contributed by atoms with Gasteiger partial charge in [0.25, 0.3) is 0 Å². The van der Waals surface area contributed by atoms with Crippen molar-refractivity contribution in [2.75, 3.05) is 11.9 Å². The summed E-state index contributed by atoms with van der Waals surface area (Å²) in [6, 6.07) is 12.1. The van der Waals surface area contributed by atoms with E-state index in [2.05, 4.69) is 11.4 Å². The van der Waals surface area contributed by atoms with Crippen LogP contribution in [0.25, 0.3) is 0 Å². The number of benzene rings is 2. The number of thioether (sulfide) groups is 1. The van der Waals surface area contributed by atoms with Crippen LogP contribution in [-0.4, -0.2) is 33.7 Å². The molecule has 158 valence electrons. The zero-order chi connectivity index (χ0) is 21.8. The number of amides is 2. The van der Waals surface area contributed by atoms with E-state index in [0.29, 0.717) is 11.7 Å². The number of hydrogen-bond donors (Lipinski definition) is 1. The van der Waals surface area contributed by atoms with Crippen molar-refractivity contribution in [1.82, 2.24) is 4.90 Å². The van der Waals surface area contributed by atoms with Crippen molar-refractivity contribution in [2.24, 2.45) is 4.99 Å². The van der Waals surface area contributed by atoms with Gasteiger partial charge in [-0.1, -0.05) is 36.9 Å². The third-order valence-corrected chi connectivity index (χ3v) is 6.11. The van der Waals surface area contributed by atoms with Crippen LogP contribution in [0.1, 0.15) is 42.0 Å². The van der Waals surface area contributed by atoms with Crippen molar-refractivity contribution in [3.8, 4) is 0 Å². The van der Waals surface area contributed by atoms with Gasteiger partial charge in [-0.05, 0) is 74.6 Å². The fraction of sp³-hybridized carbons (Fsp3) is 0.375. The smallest absolute Gasteiger partial charge is 0.242 e. The average molecular weight is 424 g/mol. The van der Waals surface area contributed by atoms with E-state index in [4.69, 9.17) is 4.99 Å². The molecule has 0 radical (unpaired) electrons. The first-order chi connectivity index (χ1) is 14.3. The minimum absolute atomic E-state index is 0.0407. The molecule has 0 saturated carbocycles. The van der Waals surface area contributed by atoms with E-state index < -0.39 is 5.25 Å². The molecule has 1 heterocycles. The molecule has 2 aromatic rings. The first-order valence-corrected chi connectivity index (χ1v) is 11.2. The van der Waals surface area contributed by atoms with Gasteiger partial charge in [0.1, 0.15) is 5.25 Å². The lowest BCUT2D eigenvalue weighted by molar-refractivity contribution is -0.128. The largest absolute Gasteiger partial charge is 0.326 e. The molecule has 6 heteroatoms. The minimum Gasteiger partial charge on any atom is -0.326 e. The Morgan fingerprint density at radius 2 is 1.77 bits per heavy atom. The van der Waals surface area contributed by atoms with E-state index in [0.717, 1.165) is 40.0 Å². The van der Waals surface area contributed by atoms with Gasteiger partial charge >= 0.3 is 0 Å². The molecule has 1 fully saturated rings. The SMILES string of the molecule is CCCN1C(=O)C(CC(=O)Nc2cc(C)ccc2C)SC1=Nc1cc(C)cc(C)c1. The van der Waals surface area contributed by atoms with Crippen molar-refractivity contribution in [3.05, 3.63) is 58.7 Å². The highest BCUT2D eigenvalue weighted by molar-refractivity contribution is 8.15. The third-order valence-electron chi connectivity index (χ3n) is 4.94. The van der Waals surface area contributed by atoms with E-state index in [9.17, 15) is 9.59 Å². The van der Waals surface area contributed by atoms with E-state index in [1.807, 2.05) is 65.0 Å². The summed E-state index contributed by atoms with van der Waals surface area (Å²) in [5, 5.41) is 3.19. The van der Waals surface area contributed by atoms with E-state index in [1.54, 1.807) is 4.90 Å². The monoisotopic (exact) mass is 423 g/mol. The predicted octanol–water partition coefficient (Wildman–Crippen LogP) is 5.29. The number of carbonyl (C=O) groups is 2. The maximum atomic E-state index is 13.0. The van der Waals surface area contributed by atoms with Gasteiger partial charge in [-0.3, -0.25) is 14.5 Å². The van der Waals surface area contributed by atoms with Crippen LogP contribution in [0.5, 0.6) is 0 Å². The topological polar surface area (TPSA) is 61.8 Å². The summed E-state index contributed by atoms with van der Waals surface area (Å²) >= 11 is 1.39. The van der Waals surface area contributed by atoms with Gasteiger partial charge in [-0.15, -0.1) is 0 Å². The molecule has 1 aliphatic rings. The van der Waals surface area contributed by atoms with Gasteiger partial charge in [0.15, 0.2) is 5.17 Å². The summed E-state index contributed by atoms with van der Waals surface area (Å²) in [6.45, 7) is 10.7. The second kappa shape index (κ2) is 9.47. The lowest BCUT2D eigenvalue weighted by Crippen LogP contribution is -2.34. The molecule has 0 aromatic heterocycles. The Hall–Kier alpha value is -2.60. The van der Waals surface area contributed by atoms with Gasteiger partial charge in [-0.2, -0.15) is 0 Å². The molecular formula is C24H29N3O2S. The minimum atomic E-state index is -0.452. The van der Waals surface area contributed by atoms with Crippen LogP contribution in [0.15, 0.2) is 41.4 Å². The maximum Gasteiger partial charge on any atom is 0.242 e. The summed E-state index contributed by atoms with van der Waals surface area (Å²) in [4.78, 5) is 32.1. The molecule has 3 rings (SSSR count). The van der Waals surface area contributed by atoms with Crippen LogP contribution >= 0.6 is 11.8 Å². The number of amidine groups is 1. The van der Waals surface area contributed by atoms with Crippen LogP contribution in [-0.2, 0) is 9.59 Å². The number of hydrogen-bond acceptors (Lipinski definition) is 4. The molecule has 5 nitrogen and oxygen atoms in total. The summed E-state index contributed by atoms with van der Waals surface area (Å²) in [6.07, 6.45) is 0.961. The number of rotatable bonds is 6. The number of carbonyl (C=O) groups excluding carboxylic acids is 2. The molecule has 1 aliphatic heterocycles. The predicted molar refractivity (Wildman–Crippen MR) is 126 cm³/mol. The first kappa shape index (κ1) is 22.1. The Bertz CT molecular complexity index is 980. The molecule has 2 aromatic carbocycles. The summed E-state index contributed by atoms with van der Waals surface area (Å²) in [7, 11) is 0. The molecule has 0 spiro atoms. The van der Waals surface area contributed by atoms with Crippen molar-refractivity contribution < 1.29 is 9.59 Å². The third kappa shape index (κ3) is 5.30. The highest BCUT2D eigenvalue weighted by Crippen LogP contribution is 2.32. The number of aliphatic imine (C=N–C) groups is 1. The lowest BCUT2D eigenvalue weighted by atomic mass is 10.1. The first-order valence-electron chi connectivity index (χ1n) is 10.3. The van der Waals surface area contributed by atoms with Crippen LogP contribution < -0.4 is 5.32 Å². The Labute approximate surface area is 183 Å². The molecule has 0 aliphatic carbocycles. The molecule has 1 unspecified atom stereocenters. The van der Waals surface area contributed by atoms with Gasteiger partial charge < -0.3 is 5.32 Å². The Morgan fingerprint density at radius 3 is 2.43 bits per heavy atom. The average Bonchev–Trinajstić information content (AvgIpc) is 2.93. The lowest BCUT2D eigenvalue weighted by Gasteiger charge is -2.15. The molecule has 0 bridgehead atoms. The zero-order valence-corrected chi connectivity index (χ0v) is 19.1. The van der Waals surface area contributed by atoms with Crippen LogP contribution in [0.2, 0.25) is 0 Å². The summed E-state index contributed by atoms with van der Waals surface area (Å²) in [5.74, 6) is -0.195. The highest BCUT2D eigenvalue weighted by atomic mass is 32.2. The molecule has 1 saturated heterocycles. The van der Waals surface area contributed by atoms with Crippen LogP contribution in [0, 0.1) is 27.7 Å². The molecular weight excluding hydrogens is 394 g/mol. The maximum absolute atomic E-state index is 13.0. The zero-order valence-electron chi connectivity index (χ0n) is 18.3. The van der Waals surface area contributed by atoms with Crippen LogP contribution in [0.4, 0.5) is 11.4 Å². The Balaban J connectivity index is 1.77. The van der Waals surface area contributed by atoms with E-state index in [-0.39, 0.29) is 18.2 Å². The van der Waals surface area contributed by atoms with E-state index in [1.165, 1.54) is 11.8 Å². The quantitative estimate of drug-likeness (QED) is 0.687. The Kier molecular flexibility index (Phi) is 6.98. The standard InChI is InChI=1S/C24H29N3O2S/c1-6-9-27-23(29)21(14-22(28)26-20-13-15(2)7-8-18(20)5)30-24(27)25-19-11-16(3)10-17(4)12-19/h7-8,10-13,21H,6,9,14H2,1-5H3,(H,26,28). The fourth-order valence-corrected chi connectivity index (χ4v) is 4.70. The number of nitrogens with one attached hydrogen (secondary N) is 1. The molecule has 30 heavy (non-hydrogen) atoms. The van der Waals surface area contributed by atoms with Gasteiger partial charge in [0, 0.05) is 18.7 Å². The molecule has 1 atom stereocenters. The van der Waals surface area contributed by atoms with Crippen molar-refractivity contribution in [1.29, 1.82) is 0 Å². The number of anilines is 1. The van der Waals surface area contributed by atoms with Gasteiger partial charge in [0.05, 0.1) is 5.69 Å². The molecule has 2 amide bonds. The Morgan fingerprint density at radius 1 is 1.07 bits per heavy atom. The van der Waals surface area contributed by atoms with Crippen molar-refractivity contribution in [3.63, 3.8) is 0 Å².